The molecule has 0 bridgehead atoms. The number of hydrogen-bond acceptors (Lipinski definition) is 4. The van der Waals surface area contributed by atoms with Gasteiger partial charge in [-0.1, -0.05) is 13.8 Å². The maximum atomic E-state index is 13.9. The highest BCUT2D eigenvalue weighted by Crippen LogP contribution is 2.38. The van der Waals surface area contributed by atoms with Crippen LogP contribution in [0.1, 0.15) is 49.0 Å². The number of piperidine rings is 1. The molecule has 0 atom stereocenters. The Morgan fingerprint density at radius 1 is 1.14 bits per heavy atom. The van der Waals surface area contributed by atoms with Crippen LogP contribution in [0, 0.1) is 5.92 Å². The van der Waals surface area contributed by atoms with Crippen molar-refractivity contribution in [3.8, 4) is 5.69 Å². The highest BCUT2D eigenvalue weighted by atomic mass is 19.4. The maximum Gasteiger partial charge on any atom is 0.417 e. The van der Waals surface area contributed by atoms with E-state index in [0.29, 0.717) is 30.9 Å². The van der Waals surface area contributed by atoms with E-state index in [1.807, 2.05) is 13.8 Å². The zero-order chi connectivity index (χ0) is 26.3. The molecular weight excluding hydrogens is 477 g/mol. The number of urea groups is 1. The molecule has 192 valence electrons. The van der Waals surface area contributed by atoms with Crippen LogP contribution in [0.4, 0.5) is 23.7 Å². The van der Waals surface area contributed by atoms with Crippen LogP contribution in [0.15, 0.2) is 42.6 Å². The molecule has 2 heterocycles. The van der Waals surface area contributed by atoms with E-state index in [-0.39, 0.29) is 35.2 Å². The predicted molar refractivity (Wildman–Crippen MR) is 127 cm³/mol. The van der Waals surface area contributed by atoms with Gasteiger partial charge in [0.2, 0.25) is 0 Å². The fraction of sp³-hybridized carbons (Fsp3) is 0.400. The van der Waals surface area contributed by atoms with Crippen molar-refractivity contribution in [1.82, 2.24) is 14.7 Å². The van der Waals surface area contributed by atoms with Crippen LogP contribution in [0.5, 0.6) is 0 Å². The lowest BCUT2D eigenvalue weighted by Crippen LogP contribution is -2.48. The second kappa shape index (κ2) is 9.45. The standard InChI is InChI=1S/C25H27F3N4O4/c1-15(2)13-24(36)7-9-31(10-8-24)23(35)30-17-11-20(25(26,27)28)19-14-29-32(21(19)12-17)18-5-3-16(4-6-18)22(33)34/h3-6,11-12,14-15,36H,7-10,13H2,1-2H3,(H,30,35)(H,33,34). The van der Waals surface area contributed by atoms with Crippen molar-refractivity contribution in [3.63, 3.8) is 0 Å². The predicted octanol–water partition coefficient (Wildman–Crippen LogP) is 5.15. The van der Waals surface area contributed by atoms with E-state index in [1.165, 1.54) is 39.9 Å². The minimum Gasteiger partial charge on any atom is -0.478 e. The normalized spacial score (nSPS) is 15.9. The SMILES string of the molecule is CC(C)CC1(O)CCN(C(=O)Nc2cc(C(F)(F)F)c3cnn(-c4ccc(C(=O)O)cc4)c3c2)CC1. The number of aromatic nitrogens is 2. The lowest BCUT2D eigenvalue weighted by molar-refractivity contribution is -0.136. The fourth-order valence-electron chi connectivity index (χ4n) is 4.68. The summed E-state index contributed by atoms with van der Waals surface area (Å²) in [5, 5.41) is 26.3. The van der Waals surface area contributed by atoms with E-state index in [1.54, 1.807) is 0 Å². The molecule has 0 saturated carbocycles. The van der Waals surface area contributed by atoms with Crippen LogP contribution < -0.4 is 5.32 Å². The number of aromatic carboxylic acids is 1. The second-order valence-corrected chi connectivity index (χ2v) is 9.60. The van der Waals surface area contributed by atoms with Gasteiger partial charge in [-0.05, 0) is 61.6 Å². The molecule has 8 nitrogen and oxygen atoms in total. The van der Waals surface area contributed by atoms with E-state index < -0.39 is 29.3 Å². The number of carbonyl (C=O) groups is 2. The third kappa shape index (κ3) is 5.30. The lowest BCUT2D eigenvalue weighted by atomic mass is 9.84. The van der Waals surface area contributed by atoms with Crippen LogP contribution in [0.25, 0.3) is 16.6 Å². The van der Waals surface area contributed by atoms with Gasteiger partial charge >= 0.3 is 18.2 Å². The molecule has 1 aliphatic rings. The minimum atomic E-state index is -4.70. The minimum absolute atomic E-state index is 0.0287. The van der Waals surface area contributed by atoms with Crippen molar-refractivity contribution in [2.75, 3.05) is 18.4 Å². The van der Waals surface area contributed by atoms with Crippen molar-refractivity contribution in [2.24, 2.45) is 5.92 Å². The summed E-state index contributed by atoms with van der Waals surface area (Å²) in [6.07, 6.45) is -2.20. The molecule has 11 heteroatoms. The van der Waals surface area contributed by atoms with E-state index in [0.717, 1.165) is 12.3 Å². The number of benzene rings is 2. The molecule has 3 aromatic rings. The number of carboxylic acids is 1. The number of rotatable bonds is 5. The van der Waals surface area contributed by atoms with Crippen LogP contribution in [0.3, 0.4) is 0 Å². The Labute approximate surface area is 205 Å². The number of amides is 2. The number of nitrogens with zero attached hydrogens (tertiary/aromatic N) is 3. The largest absolute Gasteiger partial charge is 0.478 e. The number of alkyl halides is 3. The fourth-order valence-corrected chi connectivity index (χ4v) is 4.68. The molecular formula is C25H27F3N4O4. The molecule has 36 heavy (non-hydrogen) atoms. The van der Waals surface area contributed by atoms with Crippen molar-refractivity contribution < 1.29 is 33.0 Å². The van der Waals surface area contributed by atoms with Crippen LogP contribution in [0.2, 0.25) is 0 Å². The monoisotopic (exact) mass is 504 g/mol. The molecule has 4 rings (SSSR count). The van der Waals surface area contributed by atoms with Crippen molar-refractivity contribution in [1.29, 1.82) is 0 Å². The van der Waals surface area contributed by atoms with Gasteiger partial charge < -0.3 is 20.4 Å². The first kappa shape index (κ1) is 25.5. The molecule has 0 aliphatic carbocycles. The van der Waals surface area contributed by atoms with Crippen molar-refractivity contribution in [3.05, 3.63) is 53.7 Å². The van der Waals surface area contributed by atoms with E-state index in [4.69, 9.17) is 5.11 Å². The molecule has 2 aromatic carbocycles. The van der Waals surface area contributed by atoms with Gasteiger partial charge in [0.15, 0.2) is 0 Å². The maximum absolute atomic E-state index is 13.9. The first-order valence-corrected chi connectivity index (χ1v) is 11.6. The molecule has 3 N–H and O–H groups in total. The summed E-state index contributed by atoms with van der Waals surface area (Å²) in [6, 6.07) is 7.28. The quantitative estimate of drug-likeness (QED) is 0.446. The summed E-state index contributed by atoms with van der Waals surface area (Å²) in [5.41, 5.74) is -1.35. The smallest absolute Gasteiger partial charge is 0.417 e. The van der Waals surface area contributed by atoms with Crippen LogP contribution >= 0.6 is 0 Å². The topological polar surface area (TPSA) is 108 Å². The van der Waals surface area contributed by atoms with Crippen molar-refractivity contribution in [2.45, 2.75) is 44.9 Å². The summed E-state index contributed by atoms with van der Waals surface area (Å²) >= 11 is 0. The summed E-state index contributed by atoms with van der Waals surface area (Å²) in [6.45, 7) is 4.60. The van der Waals surface area contributed by atoms with E-state index in [9.17, 15) is 27.9 Å². The average Bonchev–Trinajstić information content (AvgIpc) is 3.21. The number of halogens is 3. The van der Waals surface area contributed by atoms with Crippen molar-refractivity contribution >= 4 is 28.6 Å². The summed E-state index contributed by atoms with van der Waals surface area (Å²) < 4.78 is 42.9. The summed E-state index contributed by atoms with van der Waals surface area (Å²) in [4.78, 5) is 25.5. The average molecular weight is 505 g/mol. The van der Waals surface area contributed by atoms with Gasteiger partial charge in [0.25, 0.3) is 0 Å². The van der Waals surface area contributed by atoms with Gasteiger partial charge in [-0.3, -0.25) is 0 Å². The van der Waals surface area contributed by atoms with Gasteiger partial charge in [-0.15, -0.1) is 0 Å². The molecule has 2 amide bonds. The number of nitrogens with one attached hydrogen (secondary N) is 1. The second-order valence-electron chi connectivity index (χ2n) is 9.60. The molecule has 0 spiro atoms. The van der Waals surface area contributed by atoms with Gasteiger partial charge in [0, 0.05) is 24.2 Å². The Hall–Kier alpha value is -3.60. The number of aliphatic hydroxyl groups is 1. The molecule has 1 aliphatic heterocycles. The zero-order valence-electron chi connectivity index (χ0n) is 19.8. The van der Waals surface area contributed by atoms with Crippen LogP contribution in [-0.4, -0.2) is 55.6 Å². The number of carbonyl (C=O) groups excluding carboxylic acids is 1. The number of carboxylic acid groups (broad SMARTS) is 1. The molecule has 1 saturated heterocycles. The third-order valence-corrected chi connectivity index (χ3v) is 6.37. The molecule has 0 radical (unpaired) electrons. The zero-order valence-corrected chi connectivity index (χ0v) is 19.8. The lowest BCUT2D eigenvalue weighted by Gasteiger charge is -2.39. The summed E-state index contributed by atoms with van der Waals surface area (Å²) in [5.74, 6) is -0.829. The first-order chi connectivity index (χ1) is 16.9. The number of fused-ring (bicyclic) bond motifs is 1. The highest BCUT2D eigenvalue weighted by molar-refractivity contribution is 5.94. The molecule has 1 aromatic heterocycles. The Morgan fingerprint density at radius 3 is 2.33 bits per heavy atom. The van der Waals surface area contributed by atoms with Gasteiger partial charge in [0.1, 0.15) is 0 Å². The van der Waals surface area contributed by atoms with E-state index >= 15 is 0 Å². The molecule has 1 fully saturated rings. The van der Waals surface area contributed by atoms with Gasteiger partial charge in [-0.25, -0.2) is 14.3 Å². The number of anilines is 1. The Bertz CT molecular complexity index is 1280. The Kier molecular flexibility index (Phi) is 6.70. The Balaban J connectivity index is 1.63. The molecule has 0 unspecified atom stereocenters. The number of hydrogen-bond donors (Lipinski definition) is 3. The Morgan fingerprint density at radius 2 is 1.78 bits per heavy atom. The van der Waals surface area contributed by atoms with Gasteiger partial charge in [-0.2, -0.15) is 18.3 Å². The number of likely N-dealkylation sites (tertiary alicyclic amines) is 1. The van der Waals surface area contributed by atoms with Crippen LogP contribution in [-0.2, 0) is 6.18 Å². The first-order valence-electron chi connectivity index (χ1n) is 11.6. The third-order valence-electron chi connectivity index (χ3n) is 6.37. The summed E-state index contributed by atoms with van der Waals surface area (Å²) in [7, 11) is 0. The van der Waals surface area contributed by atoms with Gasteiger partial charge in [0.05, 0.1) is 34.1 Å². The highest BCUT2D eigenvalue weighted by Gasteiger charge is 2.36. The van der Waals surface area contributed by atoms with E-state index in [2.05, 4.69) is 10.4 Å².